The van der Waals surface area contributed by atoms with Crippen molar-refractivity contribution in [3.8, 4) is 0 Å². The van der Waals surface area contributed by atoms with Gasteiger partial charge in [0.25, 0.3) is 5.91 Å². The van der Waals surface area contributed by atoms with Gasteiger partial charge in [0.05, 0.1) is 0 Å². The van der Waals surface area contributed by atoms with Crippen molar-refractivity contribution in [2.24, 2.45) is 0 Å². The lowest BCUT2D eigenvalue weighted by atomic mass is 9.93. The van der Waals surface area contributed by atoms with Crippen molar-refractivity contribution in [3.05, 3.63) is 29.6 Å². The van der Waals surface area contributed by atoms with Crippen molar-refractivity contribution in [3.63, 3.8) is 0 Å². The van der Waals surface area contributed by atoms with Crippen molar-refractivity contribution in [1.29, 1.82) is 0 Å². The second kappa shape index (κ2) is 14.1. The van der Waals surface area contributed by atoms with Gasteiger partial charge in [0.1, 0.15) is 0 Å². The average molecular weight is 598 g/mol. The third-order valence-electron chi connectivity index (χ3n) is 6.63. The van der Waals surface area contributed by atoms with Gasteiger partial charge >= 0.3 is 12.1 Å². The van der Waals surface area contributed by atoms with Gasteiger partial charge in [-0.2, -0.15) is 22.0 Å². The Labute approximate surface area is 224 Å². The lowest BCUT2D eigenvalue weighted by molar-refractivity contribution is -0.284. The molecule has 0 saturated carbocycles. The monoisotopic (exact) mass is 597 g/mol. The number of hydroxylamine groups is 1. The summed E-state index contributed by atoms with van der Waals surface area (Å²) >= 11 is 0. The third kappa shape index (κ3) is 7.72. The Morgan fingerprint density at radius 3 is 2.05 bits per heavy atom. The number of aryl methyl sites for hydroxylation is 1. The molecule has 1 aromatic heterocycles. The van der Waals surface area contributed by atoms with Crippen LogP contribution in [0.5, 0.6) is 0 Å². The van der Waals surface area contributed by atoms with Gasteiger partial charge in [0.2, 0.25) is 10.0 Å². The number of hydrogen-bond donors (Lipinski definition) is 2. The van der Waals surface area contributed by atoms with E-state index in [1.54, 1.807) is 0 Å². The number of amides is 1. The van der Waals surface area contributed by atoms with Crippen LogP contribution < -0.4 is 5.48 Å². The van der Waals surface area contributed by atoms with Gasteiger partial charge in [-0.15, -0.1) is 12.4 Å². The second-order valence-electron chi connectivity index (χ2n) is 8.89. The van der Waals surface area contributed by atoms with E-state index in [9.17, 15) is 40.4 Å². The summed E-state index contributed by atoms with van der Waals surface area (Å²) in [5, 5.41) is 9.30. The van der Waals surface area contributed by atoms with E-state index in [4.69, 9.17) is 9.47 Å². The third-order valence-corrected chi connectivity index (χ3v) is 9.26. The summed E-state index contributed by atoms with van der Waals surface area (Å²) in [6.07, 6.45) is -6.01. The van der Waals surface area contributed by atoms with Gasteiger partial charge in [0.15, 0.2) is 4.75 Å². The average Bonchev–Trinajstić information content (AvgIpc) is 2.87. The molecule has 220 valence electrons. The first-order chi connectivity index (χ1) is 17.3. The van der Waals surface area contributed by atoms with E-state index in [0.717, 1.165) is 0 Å². The molecule has 2 heterocycles. The molecule has 0 spiro atoms. The van der Waals surface area contributed by atoms with Crippen LogP contribution in [0.25, 0.3) is 0 Å². The zero-order chi connectivity index (χ0) is 27.9. The first-order valence-corrected chi connectivity index (χ1v) is 13.0. The predicted octanol–water partition coefficient (Wildman–Crippen LogP) is 3.46. The molecule has 1 fully saturated rings. The highest BCUT2D eigenvalue weighted by molar-refractivity contribution is 7.91. The largest absolute Gasteiger partial charge is 0.453 e. The number of carbonyl (C=O) groups excluding carboxylic acids is 1. The molecule has 38 heavy (non-hydrogen) atoms. The summed E-state index contributed by atoms with van der Waals surface area (Å²) in [5.74, 6) is -6.06. The number of aromatic nitrogens is 1. The van der Waals surface area contributed by atoms with Crippen molar-refractivity contribution >= 4 is 28.3 Å². The van der Waals surface area contributed by atoms with Crippen LogP contribution in [0, 0.1) is 0 Å². The van der Waals surface area contributed by atoms with Crippen LogP contribution in [0.2, 0.25) is 0 Å². The van der Waals surface area contributed by atoms with Crippen molar-refractivity contribution in [2.75, 3.05) is 40.5 Å². The number of pyridine rings is 1. The van der Waals surface area contributed by atoms with Crippen molar-refractivity contribution in [2.45, 2.75) is 61.3 Å². The highest BCUT2D eigenvalue weighted by Crippen LogP contribution is 2.39. The molecular formula is C22H33ClF5N3O6S. The van der Waals surface area contributed by atoms with Gasteiger partial charge in [-0.1, -0.05) is 6.07 Å². The molecular weight excluding hydrogens is 565 g/mol. The summed E-state index contributed by atoms with van der Waals surface area (Å²) in [7, 11) is -1.55. The topological polar surface area (TPSA) is 118 Å². The first-order valence-electron chi connectivity index (χ1n) is 11.6. The minimum absolute atomic E-state index is 0. The molecule has 1 amide bonds. The highest BCUT2D eigenvalue weighted by Gasteiger charge is 2.56. The van der Waals surface area contributed by atoms with Crippen LogP contribution >= 0.6 is 12.4 Å². The molecule has 2 N–H and O–H groups in total. The highest BCUT2D eigenvalue weighted by atomic mass is 35.5. The lowest BCUT2D eigenvalue weighted by Crippen LogP contribution is -2.59. The standard InChI is InChI=1S/C22H32F5N3O6S.ClH/c1-35-13-9-20(10-14-36-2,19(31)29-32)37(33,34)30-11-6-17(7-12-30)18-4-3-16(15-28-18)5-8-21(23,24)22(25,26)27;/h3-4,15,17,32H,5-14H2,1-2H3,(H,29,31);1H. The van der Waals surface area contributed by atoms with Gasteiger partial charge in [-0.05, 0) is 30.9 Å². The van der Waals surface area contributed by atoms with E-state index in [-0.39, 0.29) is 63.0 Å². The zero-order valence-corrected chi connectivity index (χ0v) is 22.6. The fourth-order valence-corrected chi connectivity index (χ4v) is 6.42. The van der Waals surface area contributed by atoms with E-state index in [2.05, 4.69) is 4.98 Å². The fourth-order valence-electron chi connectivity index (χ4n) is 4.27. The SMILES string of the molecule is COCCC(CCOC)(C(=O)NO)S(=O)(=O)N1CCC(c2ccc(CCC(F)(F)C(F)(F)F)cn2)CC1.Cl. The molecule has 0 radical (unpaired) electrons. The van der Waals surface area contributed by atoms with Gasteiger partial charge < -0.3 is 9.47 Å². The Kier molecular flexibility index (Phi) is 12.8. The maximum Gasteiger partial charge on any atom is 0.453 e. The number of rotatable bonds is 13. The van der Waals surface area contributed by atoms with Crippen LogP contribution in [-0.2, 0) is 30.7 Å². The number of carbonyl (C=O) groups is 1. The Hall–Kier alpha value is -1.65. The molecule has 1 aliphatic rings. The maximum absolute atomic E-state index is 13.6. The van der Waals surface area contributed by atoms with Crippen molar-refractivity contribution < 1.29 is 49.8 Å². The number of ether oxygens (including phenoxy) is 2. The second-order valence-corrected chi connectivity index (χ2v) is 11.1. The molecule has 0 aliphatic carbocycles. The van der Waals surface area contributed by atoms with Crippen LogP contribution in [0.1, 0.15) is 49.3 Å². The Balaban J connectivity index is 0.00000722. The molecule has 0 aromatic carbocycles. The smallest absolute Gasteiger partial charge is 0.385 e. The van der Waals surface area contributed by atoms with Gasteiger partial charge in [-0.3, -0.25) is 15.0 Å². The molecule has 2 rings (SSSR count). The van der Waals surface area contributed by atoms with E-state index < -0.39 is 45.6 Å². The van der Waals surface area contributed by atoms with Crippen molar-refractivity contribution in [1.82, 2.24) is 14.8 Å². The van der Waals surface area contributed by atoms with E-state index in [1.165, 1.54) is 42.3 Å². The number of nitrogens with one attached hydrogen (secondary N) is 1. The summed E-state index contributed by atoms with van der Waals surface area (Å²) in [6, 6.07) is 2.97. The Bertz CT molecular complexity index is 982. The number of nitrogens with zero attached hydrogens (tertiary/aromatic N) is 2. The Morgan fingerprint density at radius 2 is 1.63 bits per heavy atom. The molecule has 16 heteroatoms. The summed E-state index contributed by atoms with van der Waals surface area (Å²) < 4.78 is 99.8. The van der Waals surface area contributed by atoms with E-state index >= 15 is 0 Å². The van der Waals surface area contributed by atoms with Gasteiger partial charge in [-0.25, -0.2) is 18.2 Å². The number of halogens is 6. The zero-order valence-electron chi connectivity index (χ0n) is 21.0. The number of sulfonamides is 1. The molecule has 0 atom stereocenters. The molecule has 1 saturated heterocycles. The number of piperidine rings is 1. The number of hydrogen-bond acceptors (Lipinski definition) is 7. The quantitative estimate of drug-likeness (QED) is 0.203. The summed E-state index contributed by atoms with van der Waals surface area (Å²) in [6.45, 7) is -0.0146. The van der Waals surface area contributed by atoms with Crippen LogP contribution in [-0.4, -0.2) is 86.2 Å². The summed E-state index contributed by atoms with van der Waals surface area (Å²) in [5.41, 5.74) is 2.24. The molecule has 0 unspecified atom stereocenters. The van der Waals surface area contributed by atoms with Crippen LogP contribution in [0.15, 0.2) is 18.3 Å². The molecule has 9 nitrogen and oxygen atoms in total. The minimum atomic E-state index is -5.61. The lowest BCUT2D eigenvalue weighted by Gasteiger charge is -2.39. The predicted molar refractivity (Wildman–Crippen MR) is 129 cm³/mol. The normalized spacial score (nSPS) is 16.2. The number of methoxy groups -OCH3 is 2. The fraction of sp³-hybridized carbons (Fsp3) is 0.727. The molecule has 0 bridgehead atoms. The molecule has 1 aliphatic heterocycles. The number of alkyl halides is 5. The first kappa shape index (κ1) is 34.4. The maximum atomic E-state index is 13.6. The minimum Gasteiger partial charge on any atom is -0.385 e. The molecule has 1 aromatic rings. The summed E-state index contributed by atoms with van der Waals surface area (Å²) in [4.78, 5) is 16.8. The van der Waals surface area contributed by atoms with Gasteiger partial charge in [0, 0.05) is 77.6 Å². The van der Waals surface area contributed by atoms with E-state index in [1.807, 2.05) is 0 Å². The van der Waals surface area contributed by atoms with Crippen LogP contribution in [0.4, 0.5) is 22.0 Å². The van der Waals surface area contributed by atoms with Crippen LogP contribution in [0.3, 0.4) is 0 Å². The Morgan fingerprint density at radius 1 is 1.08 bits per heavy atom. The van der Waals surface area contributed by atoms with E-state index in [0.29, 0.717) is 18.5 Å².